The van der Waals surface area contributed by atoms with Crippen LogP contribution in [-0.4, -0.2) is 0 Å². The van der Waals surface area contributed by atoms with Crippen molar-refractivity contribution < 1.29 is 0 Å². The lowest BCUT2D eigenvalue weighted by Gasteiger charge is -2.04. The van der Waals surface area contributed by atoms with Gasteiger partial charge < -0.3 is 0 Å². The molecule has 0 unspecified atom stereocenters. The first-order valence-electron chi connectivity index (χ1n) is 14.8. The number of unbranched alkanes of at least 4 members (excludes halogenated alkanes) is 26. The minimum absolute atomic E-state index is 0.976. The smallest absolute Gasteiger partial charge is 0.00989 e. The molecular weight excluding hydrogens is 384 g/mol. The van der Waals surface area contributed by atoms with Gasteiger partial charge in [0, 0.05) is 6.42 Å². The quantitative estimate of drug-likeness (QED) is 0.0922. The van der Waals surface area contributed by atoms with Gasteiger partial charge in [-0.15, -0.1) is 6.42 Å². The third-order valence-electron chi connectivity index (χ3n) is 6.82. The molecule has 0 bridgehead atoms. The predicted octanol–water partition coefficient (Wildman–Crippen LogP) is 11.2. The molecule has 0 spiro atoms. The summed E-state index contributed by atoms with van der Waals surface area (Å²) in [5, 5.41) is 0. The van der Waals surface area contributed by atoms with Crippen LogP contribution in [0.4, 0.5) is 0 Å². The highest BCUT2D eigenvalue weighted by atomic mass is 14.0. The molecule has 0 aliphatic rings. The maximum absolute atomic E-state index is 5.11. The molecule has 0 heterocycles. The van der Waals surface area contributed by atoms with Crippen molar-refractivity contribution >= 4 is 0 Å². The van der Waals surface area contributed by atoms with E-state index in [1.807, 2.05) is 0 Å². The van der Waals surface area contributed by atoms with Crippen LogP contribution < -0.4 is 0 Å². The molecule has 0 aliphatic carbocycles. The number of terminal acetylenes is 1. The zero-order valence-electron chi connectivity index (χ0n) is 22.2. The Morgan fingerprint density at radius 3 is 0.875 bits per heavy atom. The molecule has 0 aromatic heterocycles. The minimum Gasteiger partial charge on any atom is -0.106 e. The summed E-state index contributed by atoms with van der Waals surface area (Å²) in [6, 6.07) is 0. The van der Waals surface area contributed by atoms with E-state index in [-0.39, 0.29) is 0 Å². The van der Waals surface area contributed by atoms with Gasteiger partial charge in [0.05, 0.1) is 0 Å². The Morgan fingerprint density at radius 1 is 0.375 bits per heavy atom. The third-order valence-corrected chi connectivity index (χ3v) is 6.82. The van der Waals surface area contributed by atoms with Crippen LogP contribution in [0.25, 0.3) is 0 Å². The van der Waals surface area contributed by atoms with Gasteiger partial charge in [0.2, 0.25) is 0 Å². The Morgan fingerprint density at radius 2 is 0.625 bits per heavy atom. The molecule has 32 heavy (non-hydrogen) atoms. The molecule has 0 radical (unpaired) electrons. The fraction of sp³-hybridized carbons (Fsp3) is 0.875. The highest BCUT2D eigenvalue weighted by molar-refractivity contribution is 5.21. The molecule has 0 aliphatic heterocycles. The average Bonchev–Trinajstić information content (AvgIpc) is 2.81. The zero-order valence-corrected chi connectivity index (χ0v) is 22.2. The Bertz CT molecular complexity index is 429. The Balaban J connectivity index is 3.02. The van der Waals surface area contributed by atoms with Crippen molar-refractivity contribution in [2.24, 2.45) is 0 Å². The summed E-state index contributed by atoms with van der Waals surface area (Å²) in [7, 11) is 0. The van der Waals surface area contributed by atoms with Gasteiger partial charge >= 0.3 is 0 Å². The SMILES string of the molecule is C#CC#CCCCCCCCCCCCCCCCCCCCCCCCCCCCC. The van der Waals surface area contributed by atoms with E-state index in [2.05, 4.69) is 24.7 Å². The van der Waals surface area contributed by atoms with Crippen molar-refractivity contribution in [1.29, 1.82) is 0 Å². The summed E-state index contributed by atoms with van der Waals surface area (Å²) in [5.41, 5.74) is 0. The summed E-state index contributed by atoms with van der Waals surface area (Å²) in [6.07, 6.45) is 43.6. The molecule has 0 amide bonds. The first-order valence-corrected chi connectivity index (χ1v) is 14.8. The second kappa shape index (κ2) is 30.1. The molecule has 0 fully saturated rings. The first-order chi connectivity index (χ1) is 15.9. The molecule has 0 nitrogen and oxygen atoms in total. The van der Waals surface area contributed by atoms with Gasteiger partial charge in [-0.3, -0.25) is 0 Å². The van der Waals surface area contributed by atoms with Crippen molar-refractivity contribution in [1.82, 2.24) is 0 Å². The van der Waals surface area contributed by atoms with E-state index in [0.717, 1.165) is 6.42 Å². The Labute approximate surface area is 204 Å². The fourth-order valence-corrected chi connectivity index (χ4v) is 4.64. The van der Waals surface area contributed by atoms with E-state index in [1.165, 1.54) is 167 Å². The van der Waals surface area contributed by atoms with E-state index in [4.69, 9.17) is 6.42 Å². The van der Waals surface area contributed by atoms with E-state index in [1.54, 1.807) is 0 Å². The highest BCUT2D eigenvalue weighted by Crippen LogP contribution is 2.16. The monoisotopic (exact) mass is 442 g/mol. The van der Waals surface area contributed by atoms with E-state index < -0.39 is 0 Å². The van der Waals surface area contributed by atoms with Crippen LogP contribution in [0.2, 0.25) is 0 Å². The van der Waals surface area contributed by atoms with Crippen molar-refractivity contribution in [3.05, 3.63) is 0 Å². The lowest BCUT2D eigenvalue weighted by Crippen LogP contribution is -1.84. The van der Waals surface area contributed by atoms with Gasteiger partial charge in [-0.25, -0.2) is 0 Å². The van der Waals surface area contributed by atoms with Crippen LogP contribution >= 0.6 is 0 Å². The van der Waals surface area contributed by atoms with E-state index >= 15 is 0 Å². The van der Waals surface area contributed by atoms with Crippen molar-refractivity contribution in [3.8, 4) is 24.2 Å². The molecule has 186 valence electrons. The molecule has 0 rings (SSSR count). The topological polar surface area (TPSA) is 0 Å². The highest BCUT2D eigenvalue weighted by Gasteiger charge is 1.96. The zero-order chi connectivity index (χ0) is 23.2. The minimum atomic E-state index is 0.976. The number of rotatable bonds is 26. The van der Waals surface area contributed by atoms with Gasteiger partial charge in [0.25, 0.3) is 0 Å². The van der Waals surface area contributed by atoms with Crippen LogP contribution in [0.1, 0.15) is 180 Å². The largest absolute Gasteiger partial charge is 0.106 e. The summed E-state index contributed by atoms with van der Waals surface area (Å²) in [5.74, 6) is 8.09. The number of hydrogen-bond donors (Lipinski definition) is 0. The predicted molar refractivity (Wildman–Crippen MR) is 147 cm³/mol. The molecule has 0 atom stereocenters. The second-order valence-electron chi connectivity index (χ2n) is 10.0. The van der Waals surface area contributed by atoms with E-state index in [9.17, 15) is 0 Å². The third kappa shape index (κ3) is 29.1. The van der Waals surface area contributed by atoms with Crippen LogP contribution in [0, 0.1) is 24.2 Å². The van der Waals surface area contributed by atoms with Gasteiger partial charge in [-0.2, -0.15) is 0 Å². The summed E-state index contributed by atoms with van der Waals surface area (Å²) in [6.45, 7) is 2.30. The molecule has 0 N–H and O–H groups in total. The van der Waals surface area contributed by atoms with Crippen molar-refractivity contribution in [2.75, 3.05) is 0 Å². The molecule has 0 aromatic rings. The summed E-state index contributed by atoms with van der Waals surface area (Å²) < 4.78 is 0. The van der Waals surface area contributed by atoms with Crippen molar-refractivity contribution in [2.45, 2.75) is 180 Å². The molecule has 0 saturated carbocycles. The fourth-order valence-electron chi connectivity index (χ4n) is 4.64. The van der Waals surface area contributed by atoms with Gasteiger partial charge in [-0.05, 0) is 18.3 Å². The lowest BCUT2D eigenvalue weighted by molar-refractivity contribution is 0.515. The van der Waals surface area contributed by atoms with Crippen LogP contribution in [0.5, 0.6) is 0 Å². The number of hydrogen-bond acceptors (Lipinski definition) is 0. The standard InChI is InChI=1S/C32H58/c1-3-5-7-9-11-13-15-17-19-21-23-25-27-29-31-32-30-28-26-24-22-20-18-16-14-12-10-8-6-4-2/h1H,4,6,8-32H2,2H3. The molecule has 0 heteroatoms. The average molecular weight is 443 g/mol. The van der Waals surface area contributed by atoms with Crippen molar-refractivity contribution in [3.63, 3.8) is 0 Å². The van der Waals surface area contributed by atoms with E-state index in [0.29, 0.717) is 0 Å². The lowest BCUT2D eigenvalue weighted by atomic mass is 10.0. The molecular formula is C32H58. The first kappa shape index (κ1) is 31.1. The molecule has 0 aromatic carbocycles. The van der Waals surface area contributed by atoms with Gasteiger partial charge in [-0.1, -0.05) is 173 Å². The second-order valence-corrected chi connectivity index (χ2v) is 10.0. The van der Waals surface area contributed by atoms with Crippen LogP contribution in [0.3, 0.4) is 0 Å². The van der Waals surface area contributed by atoms with Gasteiger partial charge in [0.1, 0.15) is 0 Å². The molecule has 0 saturated heterocycles. The Hall–Kier alpha value is -0.880. The Kier molecular flexibility index (Phi) is 29.3. The maximum atomic E-state index is 5.11. The summed E-state index contributed by atoms with van der Waals surface area (Å²) in [4.78, 5) is 0. The normalized spacial score (nSPS) is 10.6. The summed E-state index contributed by atoms with van der Waals surface area (Å²) >= 11 is 0. The van der Waals surface area contributed by atoms with Crippen LogP contribution in [-0.2, 0) is 0 Å². The maximum Gasteiger partial charge on any atom is 0.00989 e. The van der Waals surface area contributed by atoms with Gasteiger partial charge in [0.15, 0.2) is 0 Å². The van der Waals surface area contributed by atoms with Crippen LogP contribution in [0.15, 0.2) is 0 Å².